The number of anilines is 1. The molecule has 1 aliphatic rings. The van der Waals surface area contributed by atoms with Crippen LogP contribution < -0.4 is 5.32 Å². The normalized spacial score (nSPS) is 19.0. The van der Waals surface area contributed by atoms with Gasteiger partial charge in [0.05, 0.1) is 19.3 Å². The first-order chi connectivity index (χ1) is 10.2. The van der Waals surface area contributed by atoms with Crippen LogP contribution in [0.1, 0.15) is 18.4 Å². The highest BCUT2D eigenvalue weighted by atomic mass is 32.1. The van der Waals surface area contributed by atoms with Gasteiger partial charge in [0.25, 0.3) is 0 Å². The molecule has 0 spiro atoms. The van der Waals surface area contributed by atoms with E-state index in [-0.39, 0.29) is 5.91 Å². The molecule has 2 aromatic rings. The fourth-order valence-corrected chi connectivity index (χ4v) is 3.27. The number of thiazole rings is 1. The van der Waals surface area contributed by atoms with E-state index in [1.54, 1.807) is 6.20 Å². The monoisotopic (exact) mass is 305 g/mol. The van der Waals surface area contributed by atoms with Crippen LogP contribution in [-0.4, -0.2) is 44.7 Å². The molecule has 0 aliphatic carbocycles. The molecule has 21 heavy (non-hydrogen) atoms. The lowest BCUT2D eigenvalue weighted by Gasteiger charge is -2.23. The number of likely N-dealkylation sites (tertiary alicyclic amines) is 1. The van der Waals surface area contributed by atoms with Crippen LogP contribution in [-0.2, 0) is 11.3 Å². The minimum atomic E-state index is 0.00787. The maximum absolute atomic E-state index is 12.1. The number of hydrogen-bond donors (Lipinski definition) is 1. The van der Waals surface area contributed by atoms with Crippen molar-refractivity contribution in [3.63, 3.8) is 0 Å². The standard InChI is InChI=1S/C14H19N5OS/c1-11-7-16-19(8-11)9-12-3-2-5-18(12)10-13(20)17-14-15-4-6-21-14/h4,6-8,12H,2-3,5,9-10H2,1H3,(H,15,17,20)/t12-/m1/s1. The Labute approximate surface area is 127 Å². The van der Waals surface area contributed by atoms with Gasteiger partial charge < -0.3 is 5.32 Å². The van der Waals surface area contributed by atoms with Crippen LogP contribution >= 0.6 is 11.3 Å². The molecule has 1 atom stereocenters. The molecule has 3 rings (SSSR count). The molecule has 0 aromatic carbocycles. The van der Waals surface area contributed by atoms with Crippen LogP contribution in [0.3, 0.4) is 0 Å². The minimum Gasteiger partial charge on any atom is -0.301 e. The minimum absolute atomic E-state index is 0.00787. The van der Waals surface area contributed by atoms with Gasteiger partial charge in [0.15, 0.2) is 5.13 Å². The summed E-state index contributed by atoms with van der Waals surface area (Å²) in [5, 5.41) is 9.70. The van der Waals surface area contributed by atoms with Crippen molar-refractivity contribution in [1.82, 2.24) is 19.7 Å². The average molecular weight is 305 g/mol. The zero-order valence-corrected chi connectivity index (χ0v) is 12.8. The molecule has 1 fully saturated rings. The predicted octanol–water partition coefficient (Wildman–Crippen LogP) is 1.75. The molecule has 0 unspecified atom stereocenters. The maximum atomic E-state index is 12.1. The first kappa shape index (κ1) is 14.2. The molecule has 0 radical (unpaired) electrons. The van der Waals surface area contributed by atoms with Crippen LogP contribution in [0.25, 0.3) is 0 Å². The number of nitrogens with one attached hydrogen (secondary N) is 1. The van der Waals surface area contributed by atoms with Crippen molar-refractivity contribution in [2.75, 3.05) is 18.4 Å². The highest BCUT2D eigenvalue weighted by Crippen LogP contribution is 2.19. The van der Waals surface area contributed by atoms with Crippen molar-refractivity contribution in [3.8, 4) is 0 Å². The molecule has 1 saturated heterocycles. The Morgan fingerprint density at radius 1 is 1.57 bits per heavy atom. The molecule has 2 aromatic heterocycles. The van der Waals surface area contributed by atoms with Crippen LogP contribution in [0.4, 0.5) is 5.13 Å². The Bertz CT molecular complexity index is 594. The average Bonchev–Trinajstić information content (AvgIpc) is 3.15. The lowest BCUT2D eigenvalue weighted by Crippen LogP contribution is -2.39. The van der Waals surface area contributed by atoms with E-state index in [0.717, 1.165) is 25.9 Å². The van der Waals surface area contributed by atoms with Crippen molar-refractivity contribution >= 4 is 22.4 Å². The van der Waals surface area contributed by atoms with Crippen molar-refractivity contribution in [2.24, 2.45) is 0 Å². The van der Waals surface area contributed by atoms with E-state index in [4.69, 9.17) is 0 Å². The number of hydrogen-bond acceptors (Lipinski definition) is 5. The molecule has 1 amide bonds. The number of aryl methyl sites for hydroxylation is 1. The van der Waals surface area contributed by atoms with E-state index in [0.29, 0.717) is 17.7 Å². The fourth-order valence-electron chi connectivity index (χ4n) is 2.72. The third kappa shape index (κ3) is 3.68. The molecule has 0 saturated carbocycles. The Kier molecular flexibility index (Phi) is 4.31. The van der Waals surface area contributed by atoms with Gasteiger partial charge in [0, 0.05) is 23.8 Å². The van der Waals surface area contributed by atoms with Crippen molar-refractivity contribution in [3.05, 3.63) is 29.5 Å². The van der Waals surface area contributed by atoms with Gasteiger partial charge in [-0.3, -0.25) is 14.4 Å². The number of amides is 1. The number of nitrogens with zero attached hydrogens (tertiary/aromatic N) is 4. The number of carbonyl (C=O) groups excluding carboxylic acids is 1. The zero-order valence-electron chi connectivity index (χ0n) is 12.0. The topological polar surface area (TPSA) is 63.1 Å². The van der Waals surface area contributed by atoms with Gasteiger partial charge in [-0.05, 0) is 31.9 Å². The van der Waals surface area contributed by atoms with Crippen LogP contribution in [0.15, 0.2) is 24.0 Å². The van der Waals surface area contributed by atoms with Crippen molar-refractivity contribution < 1.29 is 4.79 Å². The summed E-state index contributed by atoms with van der Waals surface area (Å²) in [5.41, 5.74) is 1.17. The van der Waals surface area contributed by atoms with E-state index in [1.807, 2.05) is 29.4 Å². The summed E-state index contributed by atoms with van der Waals surface area (Å²) in [4.78, 5) is 18.4. The first-order valence-corrected chi connectivity index (χ1v) is 8.01. The zero-order chi connectivity index (χ0) is 14.7. The smallest absolute Gasteiger partial charge is 0.240 e. The molecule has 6 nitrogen and oxygen atoms in total. The molecule has 0 bridgehead atoms. The van der Waals surface area contributed by atoms with E-state index < -0.39 is 0 Å². The summed E-state index contributed by atoms with van der Waals surface area (Å²) in [6.07, 6.45) is 7.86. The van der Waals surface area contributed by atoms with Gasteiger partial charge in [-0.2, -0.15) is 5.10 Å². The van der Waals surface area contributed by atoms with Gasteiger partial charge in [-0.1, -0.05) is 0 Å². The first-order valence-electron chi connectivity index (χ1n) is 7.13. The Morgan fingerprint density at radius 3 is 3.19 bits per heavy atom. The van der Waals surface area contributed by atoms with Crippen molar-refractivity contribution in [1.29, 1.82) is 0 Å². The highest BCUT2D eigenvalue weighted by Gasteiger charge is 2.26. The Balaban J connectivity index is 1.55. The molecular weight excluding hydrogens is 286 g/mol. The number of rotatable bonds is 5. The van der Waals surface area contributed by atoms with Gasteiger partial charge in [0.1, 0.15) is 0 Å². The third-order valence-electron chi connectivity index (χ3n) is 3.68. The summed E-state index contributed by atoms with van der Waals surface area (Å²) >= 11 is 1.44. The fraction of sp³-hybridized carbons (Fsp3) is 0.500. The lowest BCUT2D eigenvalue weighted by atomic mass is 10.2. The van der Waals surface area contributed by atoms with Crippen LogP contribution in [0.5, 0.6) is 0 Å². The Hall–Kier alpha value is -1.73. The number of aromatic nitrogens is 3. The predicted molar refractivity (Wildman–Crippen MR) is 82.3 cm³/mol. The van der Waals surface area contributed by atoms with Gasteiger partial charge in [-0.15, -0.1) is 11.3 Å². The molecule has 112 valence electrons. The highest BCUT2D eigenvalue weighted by molar-refractivity contribution is 7.13. The molecule has 1 aliphatic heterocycles. The number of carbonyl (C=O) groups is 1. The summed E-state index contributed by atoms with van der Waals surface area (Å²) in [6, 6.07) is 0.381. The van der Waals surface area contributed by atoms with E-state index >= 15 is 0 Å². The third-order valence-corrected chi connectivity index (χ3v) is 4.37. The largest absolute Gasteiger partial charge is 0.301 e. The van der Waals surface area contributed by atoms with E-state index in [9.17, 15) is 4.79 Å². The second kappa shape index (κ2) is 6.36. The lowest BCUT2D eigenvalue weighted by molar-refractivity contribution is -0.117. The molecule has 7 heteroatoms. The van der Waals surface area contributed by atoms with Gasteiger partial charge in [-0.25, -0.2) is 4.98 Å². The van der Waals surface area contributed by atoms with Gasteiger partial charge in [0.2, 0.25) is 5.91 Å². The van der Waals surface area contributed by atoms with Crippen LogP contribution in [0, 0.1) is 6.92 Å². The maximum Gasteiger partial charge on any atom is 0.240 e. The molecule has 1 N–H and O–H groups in total. The quantitative estimate of drug-likeness (QED) is 0.914. The summed E-state index contributed by atoms with van der Waals surface area (Å²) in [5.74, 6) is 0.00787. The van der Waals surface area contributed by atoms with E-state index in [2.05, 4.69) is 20.3 Å². The molecule has 3 heterocycles. The Morgan fingerprint density at radius 2 is 2.48 bits per heavy atom. The van der Waals surface area contributed by atoms with Crippen LogP contribution in [0.2, 0.25) is 0 Å². The van der Waals surface area contributed by atoms with Crippen molar-refractivity contribution in [2.45, 2.75) is 32.4 Å². The summed E-state index contributed by atoms with van der Waals surface area (Å²) < 4.78 is 1.97. The van der Waals surface area contributed by atoms with Gasteiger partial charge >= 0.3 is 0 Å². The summed E-state index contributed by atoms with van der Waals surface area (Å²) in [6.45, 7) is 4.27. The van der Waals surface area contributed by atoms with E-state index in [1.165, 1.54) is 16.9 Å². The SMILES string of the molecule is Cc1cnn(C[C@H]2CCCN2CC(=O)Nc2nccs2)c1. The summed E-state index contributed by atoms with van der Waals surface area (Å²) in [7, 11) is 0. The second-order valence-corrected chi connectivity index (χ2v) is 6.29. The second-order valence-electron chi connectivity index (χ2n) is 5.39. The molecular formula is C14H19N5OS.